The lowest BCUT2D eigenvalue weighted by Gasteiger charge is -2.15. The first kappa shape index (κ1) is 21.5. The number of aryl methyl sites for hydroxylation is 2. The van der Waals surface area contributed by atoms with Crippen molar-refractivity contribution in [2.75, 3.05) is 35.3 Å². The molecule has 0 fully saturated rings. The van der Waals surface area contributed by atoms with Crippen molar-refractivity contribution in [2.45, 2.75) is 25.8 Å². The van der Waals surface area contributed by atoms with Crippen molar-refractivity contribution in [3.8, 4) is 10.6 Å². The summed E-state index contributed by atoms with van der Waals surface area (Å²) in [5.41, 5.74) is 4.16. The second-order valence-electron chi connectivity index (χ2n) is 7.44. The van der Waals surface area contributed by atoms with Crippen molar-refractivity contribution < 1.29 is 13.2 Å². The lowest BCUT2D eigenvalue weighted by molar-refractivity contribution is 0.190. The Bertz CT molecular complexity index is 1200. The summed E-state index contributed by atoms with van der Waals surface area (Å²) in [6.45, 7) is 2.65. The molecule has 1 atom stereocenters. The summed E-state index contributed by atoms with van der Waals surface area (Å²) in [5.74, 6) is 0.443. The molecular formula is C20H24N6O3S2. The standard InChI is InChI=1S/C20H24N6O3S2/c1-12(11-29-2)22-20-24-16-8-7-13-10-21-19(25-17(13)18(16)30-20)23-14-5-4-6-15(9-14)26-31(3,27)28/h4-6,9-10,12,26H,7-8,11H2,1-3H3,(H,22,24)(H,21,23,25). The van der Waals surface area contributed by atoms with E-state index in [1.807, 2.05) is 12.3 Å². The maximum atomic E-state index is 11.5. The molecule has 0 amide bonds. The summed E-state index contributed by atoms with van der Waals surface area (Å²) in [6.07, 6.45) is 4.65. The van der Waals surface area contributed by atoms with E-state index in [2.05, 4.69) is 27.3 Å². The van der Waals surface area contributed by atoms with Crippen molar-refractivity contribution in [3.05, 3.63) is 41.7 Å². The SMILES string of the molecule is COCC(C)Nc1nc2c(s1)-c1nc(Nc3cccc(NS(C)(=O)=O)c3)ncc1CC2. The number of hydrogen-bond acceptors (Lipinski definition) is 9. The fourth-order valence-corrected chi connectivity index (χ4v) is 5.08. The molecule has 0 saturated carbocycles. The number of ether oxygens (including phenoxy) is 1. The van der Waals surface area contributed by atoms with Gasteiger partial charge >= 0.3 is 0 Å². The van der Waals surface area contributed by atoms with Crippen LogP contribution in [0.3, 0.4) is 0 Å². The number of methoxy groups -OCH3 is 1. The largest absolute Gasteiger partial charge is 0.383 e. The van der Waals surface area contributed by atoms with Crippen molar-refractivity contribution in [3.63, 3.8) is 0 Å². The molecule has 3 N–H and O–H groups in total. The van der Waals surface area contributed by atoms with Crippen LogP contribution in [0.2, 0.25) is 0 Å². The second kappa shape index (κ2) is 8.77. The van der Waals surface area contributed by atoms with Crippen LogP contribution in [-0.4, -0.2) is 49.4 Å². The lowest BCUT2D eigenvalue weighted by atomic mass is 10.00. The first-order valence-electron chi connectivity index (χ1n) is 9.77. The summed E-state index contributed by atoms with van der Waals surface area (Å²) in [7, 11) is -1.67. The third-order valence-electron chi connectivity index (χ3n) is 4.62. The first-order valence-corrected chi connectivity index (χ1v) is 12.5. The predicted molar refractivity (Wildman–Crippen MR) is 124 cm³/mol. The van der Waals surface area contributed by atoms with Gasteiger partial charge in [-0.3, -0.25) is 4.72 Å². The maximum Gasteiger partial charge on any atom is 0.229 e. The highest BCUT2D eigenvalue weighted by atomic mass is 32.2. The van der Waals surface area contributed by atoms with E-state index in [0.29, 0.717) is 23.9 Å². The Balaban J connectivity index is 1.57. The molecule has 2 aromatic heterocycles. The van der Waals surface area contributed by atoms with Gasteiger partial charge in [0.25, 0.3) is 0 Å². The molecule has 0 saturated heterocycles. The van der Waals surface area contributed by atoms with E-state index in [1.165, 1.54) is 0 Å². The van der Waals surface area contributed by atoms with Crippen LogP contribution >= 0.6 is 11.3 Å². The quantitative estimate of drug-likeness (QED) is 0.469. The normalized spacial score (nSPS) is 13.8. The Labute approximate surface area is 185 Å². The fourth-order valence-electron chi connectivity index (χ4n) is 3.37. The zero-order chi connectivity index (χ0) is 22.0. The van der Waals surface area contributed by atoms with E-state index >= 15 is 0 Å². The van der Waals surface area contributed by atoms with Crippen LogP contribution in [-0.2, 0) is 27.6 Å². The van der Waals surface area contributed by atoms with Gasteiger partial charge < -0.3 is 15.4 Å². The number of fused-ring (bicyclic) bond motifs is 3. The molecule has 9 nitrogen and oxygen atoms in total. The average molecular weight is 461 g/mol. The topological polar surface area (TPSA) is 118 Å². The minimum Gasteiger partial charge on any atom is -0.383 e. The highest BCUT2D eigenvalue weighted by Gasteiger charge is 2.23. The van der Waals surface area contributed by atoms with Crippen molar-refractivity contribution in [2.24, 2.45) is 0 Å². The molecule has 0 bridgehead atoms. The number of nitrogens with zero attached hydrogens (tertiary/aromatic N) is 3. The van der Waals surface area contributed by atoms with E-state index in [0.717, 1.165) is 46.1 Å². The third-order valence-corrected chi connectivity index (χ3v) is 6.26. The Morgan fingerprint density at radius 3 is 2.81 bits per heavy atom. The highest BCUT2D eigenvalue weighted by molar-refractivity contribution is 7.92. The molecule has 11 heteroatoms. The molecule has 0 radical (unpaired) electrons. The van der Waals surface area contributed by atoms with Crippen LogP contribution < -0.4 is 15.4 Å². The van der Waals surface area contributed by atoms with Gasteiger partial charge in [0.05, 0.1) is 34.8 Å². The van der Waals surface area contributed by atoms with Crippen LogP contribution in [0.5, 0.6) is 0 Å². The van der Waals surface area contributed by atoms with Gasteiger partial charge in [-0.1, -0.05) is 17.4 Å². The number of rotatable bonds is 8. The zero-order valence-electron chi connectivity index (χ0n) is 17.5. The number of benzene rings is 1. The predicted octanol–water partition coefficient (Wildman–Crippen LogP) is 3.26. The second-order valence-corrected chi connectivity index (χ2v) is 10.2. The van der Waals surface area contributed by atoms with Gasteiger partial charge in [0.15, 0.2) is 5.13 Å². The van der Waals surface area contributed by atoms with Gasteiger partial charge in [0.1, 0.15) is 0 Å². The number of anilines is 4. The van der Waals surface area contributed by atoms with Crippen LogP contribution in [0.15, 0.2) is 30.5 Å². The number of hydrogen-bond donors (Lipinski definition) is 3. The smallest absolute Gasteiger partial charge is 0.229 e. The van der Waals surface area contributed by atoms with Crippen molar-refractivity contribution in [1.29, 1.82) is 0 Å². The minimum absolute atomic E-state index is 0.160. The van der Waals surface area contributed by atoms with Crippen molar-refractivity contribution in [1.82, 2.24) is 15.0 Å². The summed E-state index contributed by atoms with van der Waals surface area (Å²) in [4.78, 5) is 15.0. The Morgan fingerprint density at radius 2 is 2.03 bits per heavy atom. The molecule has 1 aromatic carbocycles. The fraction of sp³-hybridized carbons (Fsp3) is 0.350. The van der Waals surface area contributed by atoms with Gasteiger partial charge in [0, 0.05) is 25.0 Å². The van der Waals surface area contributed by atoms with Gasteiger partial charge in [-0.15, -0.1) is 0 Å². The summed E-state index contributed by atoms with van der Waals surface area (Å²) < 4.78 is 30.6. The van der Waals surface area contributed by atoms with Gasteiger partial charge in [-0.2, -0.15) is 0 Å². The number of thiazole rings is 1. The Morgan fingerprint density at radius 1 is 1.23 bits per heavy atom. The molecular weight excluding hydrogens is 436 g/mol. The summed E-state index contributed by atoms with van der Waals surface area (Å²) in [5, 5.41) is 7.40. The van der Waals surface area contributed by atoms with Gasteiger partial charge in [-0.05, 0) is 43.5 Å². The molecule has 0 spiro atoms. The van der Waals surface area contributed by atoms with E-state index in [4.69, 9.17) is 14.7 Å². The Hall–Kier alpha value is -2.76. The number of sulfonamides is 1. The van der Waals surface area contributed by atoms with E-state index < -0.39 is 10.0 Å². The van der Waals surface area contributed by atoms with Crippen molar-refractivity contribution >= 4 is 43.8 Å². The molecule has 1 aliphatic rings. The molecule has 0 aliphatic heterocycles. The Kier molecular flexibility index (Phi) is 6.08. The number of aromatic nitrogens is 3. The van der Waals surface area contributed by atoms with Crippen LogP contribution in [0, 0.1) is 0 Å². The first-order chi connectivity index (χ1) is 14.8. The van der Waals surface area contributed by atoms with E-state index in [-0.39, 0.29) is 6.04 Å². The van der Waals surface area contributed by atoms with Crippen LogP contribution in [0.4, 0.5) is 22.5 Å². The average Bonchev–Trinajstić information content (AvgIpc) is 3.10. The zero-order valence-corrected chi connectivity index (χ0v) is 19.1. The molecule has 31 heavy (non-hydrogen) atoms. The lowest BCUT2D eigenvalue weighted by Crippen LogP contribution is -2.20. The summed E-state index contributed by atoms with van der Waals surface area (Å²) >= 11 is 1.58. The van der Waals surface area contributed by atoms with Gasteiger partial charge in [-0.25, -0.2) is 23.4 Å². The number of nitrogens with one attached hydrogen (secondary N) is 3. The molecule has 1 aliphatic carbocycles. The molecule has 2 heterocycles. The van der Waals surface area contributed by atoms with Crippen LogP contribution in [0.25, 0.3) is 10.6 Å². The van der Waals surface area contributed by atoms with E-state index in [1.54, 1.807) is 36.6 Å². The summed E-state index contributed by atoms with van der Waals surface area (Å²) in [6, 6.07) is 7.12. The molecule has 1 unspecified atom stereocenters. The third kappa shape index (κ3) is 5.30. The molecule has 164 valence electrons. The highest BCUT2D eigenvalue weighted by Crippen LogP contribution is 2.39. The minimum atomic E-state index is -3.35. The van der Waals surface area contributed by atoms with Crippen LogP contribution in [0.1, 0.15) is 18.2 Å². The van der Waals surface area contributed by atoms with Gasteiger partial charge in [0.2, 0.25) is 16.0 Å². The molecule has 3 aromatic rings. The van der Waals surface area contributed by atoms with E-state index in [9.17, 15) is 8.42 Å². The maximum absolute atomic E-state index is 11.5. The monoisotopic (exact) mass is 460 g/mol. The molecule has 4 rings (SSSR count).